The van der Waals surface area contributed by atoms with Crippen molar-refractivity contribution < 1.29 is 14.3 Å². The van der Waals surface area contributed by atoms with Crippen molar-refractivity contribution in [1.82, 2.24) is 14.9 Å². The first kappa shape index (κ1) is 18.8. The number of aromatic nitrogens is 2. The van der Waals surface area contributed by atoms with Gasteiger partial charge in [0.05, 0.1) is 37.1 Å². The van der Waals surface area contributed by atoms with Crippen LogP contribution in [0, 0.1) is 0 Å². The molecule has 26 heavy (non-hydrogen) atoms. The first-order valence-corrected chi connectivity index (χ1v) is 9.51. The Bertz CT molecular complexity index is 742. The molecule has 0 saturated carbocycles. The van der Waals surface area contributed by atoms with Crippen LogP contribution in [0.25, 0.3) is 0 Å². The van der Waals surface area contributed by atoms with Gasteiger partial charge in [0, 0.05) is 31.2 Å². The number of ether oxygens (including phenoxy) is 2. The molecule has 1 amide bonds. The molecule has 0 unspecified atom stereocenters. The largest absolute Gasteiger partial charge is 0.495 e. The molecule has 2 atom stereocenters. The number of hydrogen-bond donors (Lipinski definition) is 1. The maximum absolute atomic E-state index is 12.3. The van der Waals surface area contributed by atoms with Gasteiger partial charge in [0.15, 0.2) is 5.13 Å². The van der Waals surface area contributed by atoms with Gasteiger partial charge in [-0.3, -0.25) is 14.7 Å². The third-order valence-electron chi connectivity index (χ3n) is 4.08. The molecule has 0 radical (unpaired) electrons. The molecule has 1 aliphatic rings. The molecule has 3 rings (SSSR count). The summed E-state index contributed by atoms with van der Waals surface area (Å²) in [6.07, 6.45) is 2.25. The Morgan fingerprint density at radius 2 is 2.19 bits per heavy atom. The monoisotopic (exact) mass is 376 g/mol. The lowest BCUT2D eigenvalue weighted by atomic mass is 10.2. The highest BCUT2D eigenvalue weighted by molar-refractivity contribution is 7.13. The van der Waals surface area contributed by atoms with Crippen molar-refractivity contribution >= 4 is 22.4 Å². The predicted molar refractivity (Wildman–Crippen MR) is 101 cm³/mol. The summed E-state index contributed by atoms with van der Waals surface area (Å²) in [5.41, 5.74) is 1.57. The number of morpholine rings is 1. The molecule has 1 fully saturated rings. The number of carbonyl (C=O) groups excluding carboxylic acids is 1. The summed E-state index contributed by atoms with van der Waals surface area (Å²) >= 11 is 1.44. The first-order chi connectivity index (χ1) is 12.5. The lowest BCUT2D eigenvalue weighted by Crippen LogP contribution is -2.44. The van der Waals surface area contributed by atoms with Crippen LogP contribution in [0.3, 0.4) is 0 Å². The second-order valence-electron chi connectivity index (χ2n) is 6.47. The van der Waals surface area contributed by atoms with Crippen molar-refractivity contribution in [2.45, 2.75) is 39.0 Å². The quantitative estimate of drug-likeness (QED) is 0.834. The number of methoxy groups -OCH3 is 1. The van der Waals surface area contributed by atoms with Crippen LogP contribution < -0.4 is 10.1 Å². The number of thiazole rings is 1. The third kappa shape index (κ3) is 5.00. The first-order valence-electron chi connectivity index (χ1n) is 8.63. The molecule has 0 aromatic carbocycles. The molecule has 0 aliphatic carbocycles. The van der Waals surface area contributed by atoms with Crippen LogP contribution in [0.5, 0.6) is 5.75 Å². The summed E-state index contributed by atoms with van der Waals surface area (Å²) in [5.74, 6) is 0.453. The van der Waals surface area contributed by atoms with Gasteiger partial charge in [-0.1, -0.05) is 0 Å². The molecule has 1 N–H and O–H groups in total. The second-order valence-corrected chi connectivity index (χ2v) is 7.33. The summed E-state index contributed by atoms with van der Waals surface area (Å²) in [4.78, 5) is 23.3. The highest BCUT2D eigenvalue weighted by Gasteiger charge is 2.22. The standard InChI is InChI=1S/C18H24N4O3S/c1-12-8-22(9-13(2)25-12)10-14-11-26-18(20-14)21-17(23)7-15-16(24-3)5-4-6-19-15/h4-6,11-13H,7-10H2,1-3H3,(H,20,21,23)/t12-,13+. The van der Waals surface area contributed by atoms with Gasteiger partial charge in [0.2, 0.25) is 5.91 Å². The Hall–Kier alpha value is -2.03. The zero-order valence-corrected chi connectivity index (χ0v) is 16.1. The smallest absolute Gasteiger partial charge is 0.232 e. The number of hydrogen-bond acceptors (Lipinski definition) is 7. The topological polar surface area (TPSA) is 76.6 Å². The van der Waals surface area contributed by atoms with Gasteiger partial charge in [0.25, 0.3) is 0 Å². The minimum absolute atomic E-state index is 0.150. The molecule has 140 valence electrons. The minimum atomic E-state index is -0.156. The van der Waals surface area contributed by atoms with E-state index in [1.165, 1.54) is 11.3 Å². The van der Waals surface area contributed by atoms with Gasteiger partial charge in [-0.05, 0) is 26.0 Å². The summed E-state index contributed by atoms with van der Waals surface area (Å²) < 4.78 is 11.0. The van der Waals surface area contributed by atoms with Crippen LogP contribution >= 0.6 is 11.3 Å². The predicted octanol–water partition coefficient (Wildman–Crippen LogP) is 2.34. The van der Waals surface area contributed by atoms with Crippen LogP contribution in [-0.2, 0) is 22.5 Å². The Balaban J connectivity index is 1.55. The van der Waals surface area contributed by atoms with E-state index in [0.29, 0.717) is 16.6 Å². The van der Waals surface area contributed by atoms with E-state index in [0.717, 1.165) is 25.3 Å². The van der Waals surface area contributed by atoms with Gasteiger partial charge in [-0.15, -0.1) is 11.3 Å². The number of rotatable bonds is 6. The molecule has 0 bridgehead atoms. The molecule has 3 heterocycles. The number of anilines is 1. The van der Waals surface area contributed by atoms with E-state index in [1.54, 1.807) is 25.4 Å². The van der Waals surface area contributed by atoms with Crippen LogP contribution in [-0.4, -0.2) is 53.2 Å². The van der Waals surface area contributed by atoms with Crippen molar-refractivity contribution in [1.29, 1.82) is 0 Å². The maximum atomic E-state index is 12.3. The summed E-state index contributed by atoms with van der Waals surface area (Å²) in [7, 11) is 1.57. The average molecular weight is 376 g/mol. The fourth-order valence-electron chi connectivity index (χ4n) is 3.14. The van der Waals surface area contributed by atoms with Gasteiger partial charge in [-0.25, -0.2) is 4.98 Å². The molecule has 8 heteroatoms. The molecule has 1 saturated heterocycles. The lowest BCUT2D eigenvalue weighted by Gasteiger charge is -2.34. The van der Waals surface area contributed by atoms with Gasteiger partial charge in [-0.2, -0.15) is 0 Å². The molecule has 1 aliphatic heterocycles. The number of nitrogens with zero attached hydrogens (tertiary/aromatic N) is 3. The van der Waals surface area contributed by atoms with Crippen molar-refractivity contribution in [3.05, 3.63) is 35.1 Å². The maximum Gasteiger partial charge on any atom is 0.232 e. The van der Waals surface area contributed by atoms with E-state index in [9.17, 15) is 4.79 Å². The fourth-order valence-corrected chi connectivity index (χ4v) is 3.85. The molecule has 7 nitrogen and oxygen atoms in total. The molecular weight excluding hydrogens is 352 g/mol. The van der Waals surface area contributed by atoms with Crippen LogP contribution in [0.15, 0.2) is 23.7 Å². The van der Waals surface area contributed by atoms with E-state index < -0.39 is 0 Å². The van der Waals surface area contributed by atoms with Crippen LogP contribution in [0.2, 0.25) is 0 Å². The molecule has 2 aromatic rings. The number of pyridine rings is 1. The SMILES string of the molecule is COc1cccnc1CC(=O)Nc1nc(CN2C[C@@H](C)O[C@@H](C)C2)cs1. The summed E-state index contributed by atoms with van der Waals surface area (Å²) in [6, 6.07) is 3.57. The van der Waals surface area contributed by atoms with Gasteiger partial charge in [0.1, 0.15) is 5.75 Å². The van der Waals surface area contributed by atoms with Gasteiger partial charge >= 0.3 is 0 Å². The highest BCUT2D eigenvalue weighted by Crippen LogP contribution is 2.20. The van der Waals surface area contributed by atoms with E-state index in [-0.39, 0.29) is 24.5 Å². The van der Waals surface area contributed by atoms with Crippen molar-refractivity contribution in [3.63, 3.8) is 0 Å². The lowest BCUT2D eigenvalue weighted by molar-refractivity contribution is -0.115. The van der Waals surface area contributed by atoms with E-state index >= 15 is 0 Å². The Morgan fingerprint density at radius 3 is 2.92 bits per heavy atom. The molecule has 0 spiro atoms. The number of amides is 1. The molecule has 2 aromatic heterocycles. The second kappa shape index (κ2) is 8.57. The van der Waals surface area contributed by atoms with Gasteiger partial charge < -0.3 is 14.8 Å². The Kier molecular flexibility index (Phi) is 6.18. The Labute approximate surface area is 157 Å². The minimum Gasteiger partial charge on any atom is -0.495 e. The van der Waals surface area contributed by atoms with E-state index in [2.05, 4.69) is 34.0 Å². The van der Waals surface area contributed by atoms with Crippen molar-refractivity contribution in [2.24, 2.45) is 0 Å². The summed E-state index contributed by atoms with van der Waals surface area (Å²) in [6.45, 7) is 6.72. The van der Waals surface area contributed by atoms with Crippen LogP contribution in [0.4, 0.5) is 5.13 Å². The van der Waals surface area contributed by atoms with Crippen molar-refractivity contribution in [3.8, 4) is 5.75 Å². The molecular formula is C18H24N4O3S. The number of carbonyl (C=O) groups is 1. The van der Waals surface area contributed by atoms with E-state index in [1.807, 2.05) is 5.38 Å². The van der Waals surface area contributed by atoms with Crippen LogP contribution in [0.1, 0.15) is 25.2 Å². The summed E-state index contributed by atoms with van der Waals surface area (Å²) in [5, 5.41) is 5.44. The normalized spacial score (nSPS) is 20.7. The Morgan fingerprint density at radius 1 is 1.42 bits per heavy atom. The average Bonchev–Trinajstić information content (AvgIpc) is 3.01. The zero-order chi connectivity index (χ0) is 18.5. The fraction of sp³-hybridized carbons (Fsp3) is 0.500. The highest BCUT2D eigenvalue weighted by atomic mass is 32.1. The van der Waals surface area contributed by atoms with Crippen molar-refractivity contribution in [2.75, 3.05) is 25.5 Å². The number of nitrogens with one attached hydrogen (secondary N) is 1. The van der Waals surface area contributed by atoms with E-state index in [4.69, 9.17) is 9.47 Å². The zero-order valence-electron chi connectivity index (χ0n) is 15.3. The third-order valence-corrected chi connectivity index (χ3v) is 4.88.